The predicted octanol–water partition coefficient (Wildman–Crippen LogP) is -1.14. The number of carbonyl (C=O) groups is 1. The first kappa shape index (κ1) is 12.5. The van der Waals surface area contributed by atoms with E-state index in [1.165, 1.54) is 4.68 Å². The summed E-state index contributed by atoms with van der Waals surface area (Å²) in [6.45, 7) is 2.83. The van der Waals surface area contributed by atoms with Gasteiger partial charge in [0, 0.05) is 0 Å². The Morgan fingerprint density at radius 2 is 2.31 bits per heavy atom. The number of tetrazole rings is 1. The largest absolute Gasteiger partial charge is 0.460 e. The highest BCUT2D eigenvalue weighted by atomic mass is 16.5. The third-order valence-electron chi connectivity index (χ3n) is 1.67. The van der Waals surface area contributed by atoms with Crippen LogP contribution in [0.3, 0.4) is 0 Å². The lowest BCUT2D eigenvalue weighted by molar-refractivity contribution is 0.0495. The number of aliphatic hydroxyl groups excluding tert-OH is 1. The molecule has 0 fully saturated rings. The molecule has 16 heavy (non-hydrogen) atoms. The summed E-state index contributed by atoms with van der Waals surface area (Å²) in [5.41, 5.74) is 0. The van der Waals surface area contributed by atoms with Gasteiger partial charge in [0.2, 0.25) is 0 Å². The summed E-state index contributed by atoms with van der Waals surface area (Å²) < 4.78 is 11.1. The Balaban J connectivity index is 2.47. The SMILES string of the molecule is CCOC(=O)c1nnnn1CCOCCO. The molecule has 0 amide bonds. The molecule has 0 aliphatic rings. The van der Waals surface area contributed by atoms with Crippen molar-refractivity contribution in [3.63, 3.8) is 0 Å². The van der Waals surface area contributed by atoms with Crippen molar-refractivity contribution in [1.29, 1.82) is 0 Å². The van der Waals surface area contributed by atoms with Gasteiger partial charge in [0.15, 0.2) is 0 Å². The van der Waals surface area contributed by atoms with Crippen LogP contribution in [0.2, 0.25) is 0 Å². The van der Waals surface area contributed by atoms with Crippen LogP contribution in [0.15, 0.2) is 0 Å². The van der Waals surface area contributed by atoms with Gasteiger partial charge >= 0.3 is 5.97 Å². The quantitative estimate of drug-likeness (QED) is 0.466. The Morgan fingerprint density at radius 3 is 3.00 bits per heavy atom. The number of aromatic nitrogens is 4. The minimum absolute atomic E-state index is 0.0413. The number of ether oxygens (including phenoxy) is 2. The highest BCUT2D eigenvalue weighted by Crippen LogP contribution is 1.95. The zero-order chi connectivity index (χ0) is 11.8. The molecule has 0 aliphatic carbocycles. The van der Waals surface area contributed by atoms with Gasteiger partial charge in [-0.05, 0) is 17.4 Å². The number of nitrogens with zero attached hydrogens (tertiary/aromatic N) is 4. The van der Waals surface area contributed by atoms with Crippen LogP contribution in [-0.4, -0.2) is 57.7 Å². The first-order valence-corrected chi connectivity index (χ1v) is 4.91. The Labute approximate surface area is 92.2 Å². The monoisotopic (exact) mass is 230 g/mol. The number of hydrogen-bond donors (Lipinski definition) is 1. The number of carbonyl (C=O) groups excluding carboxylic acids is 1. The van der Waals surface area contributed by atoms with Crippen LogP contribution in [0.25, 0.3) is 0 Å². The van der Waals surface area contributed by atoms with Crippen molar-refractivity contribution in [2.75, 3.05) is 26.4 Å². The van der Waals surface area contributed by atoms with Gasteiger partial charge in [-0.2, -0.15) is 0 Å². The average molecular weight is 230 g/mol. The lowest BCUT2D eigenvalue weighted by Gasteiger charge is -2.04. The van der Waals surface area contributed by atoms with Crippen molar-refractivity contribution in [1.82, 2.24) is 20.2 Å². The second-order valence-electron chi connectivity index (χ2n) is 2.78. The first-order chi connectivity index (χ1) is 7.79. The van der Waals surface area contributed by atoms with E-state index in [1.54, 1.807) is 6.92 Å². The smallest absolute Gasteiger partial charge is 0.378 e. The molecule has 90 valence electrons. The predicted molar refractivity (Wildman–Crippen MR) is 51.7 cm³/mol. The summed E-state index contributed by atoms with van der Waals surface area (Å²) >= 11 is 0. The molecule has 0 spiro atoms. The molecule has 0 saturated carbocycles. The van der Waals surface area contributed by atoms with Crippen molar-refractivity contribution in [2.24, 2.45) is 0 Å². The van der Waals surface area contributed by atoms with E-state index in [4.69, 9.17) is 14.6 Å². The molecule has 1 N–H and O–H groups in total. The minimum atomic E-state index is -0.561. The average Bonchev–Trinajstić information content (AvgIpc) is 2.73. The lowest BCUT2D eigenvalue weighted by Crippen LogP contribution is -2.17. The van der Waals surface area contributed by atoms with E-state index >= 15 is 0 Å². The van der Waals surface area contributed by atoms with E-state index in [9.17, 15) is 4.79 Å². The number of aliphatic hydroxyl groups is 1. The van der Waals surface area contributed by atoms with Crippen LogP contribution in [0.5, 0.6) is 0 Å². The molecule has 0 unspecified atom stereocenters. The Morgan fingerprint density at radius 1 is 1.50 bits per heavy atom. The summed E-state index contributed by atoms with van der Waals surface area (Å²) in [4.78, 5) is 11.3. The van der Waals surface area contributed by atoms with E-state index in [1.807, 2.05) is 0 Å². The van der Waals surface area contributed by atoms with E-state index in [0.717, 1.165) is 0 Å². The van der Waals surface area contributed by atoms with Gasteiger partial charge in [-0.25, -0.2) is 9.48 Å². The molecule has 0 radical (unpaired) electrons. The molecule has 8 heteroatoms. The van der Waals surface area contributed by atoms with E-state index < -0.39 is 5.97 Å². The Bertz CT molecular complexity index is 328. The zero-order valence-corrected chi connectivity index (χ0v) is 9.00. The van der Waals surface area contributed by atoms with Crippen LogP contribution in [0.4, 0.5) is 0 Å². The number of rotatable bonds is 7. The fourth-order valence-corrected chi connectivity index (χ4v) is 1.01. The van der Waals surface area contributed by atoms with Crippen molar-refractivity contribution in [3.8, 4) is 0 Å². The van der Waals surface area contributed by atoms with Gasteiger partial charge in [-0.15, -0.1) is 5.10 Å². The number of hydrogen-bond acceptors (Lipinski definition) is 7. The number of esters is 1. The van der Waals surface area contributed by atoms with E-state index in [0.29, 0.717) is 13.2 Å². The summed E-state index contributed by atoms with van der Waals surface area (Å²) in [5.74, 6) is -0.510. The van der Waals surface area contributed by atoms with Gasteiger partial charge < -0.3 is 14.6 Å². The second kappa shape index (κ2) is 6.85. The van der Waals surface area contributed by atoms with Crippen LogP contribution >= 0.6 is 0 Å². The third-order valence-corrected chi connectivity index (χ3v) is 1.67. The summed E-state index contributed by atoms with van der Waals surface area (Å²) in [6.07, 6.45) is 0. The maximum atomic E-state index is 11.3. The molecule has 0 atom stereocenters. The highest BCUT2D eigenvalue weighted by Gasteiger charge is 2.15. The van der Waals surface area contributed by atoms with Crippen LogP contribution < -0.4 is 0 Å². The summed E-state index contributed by atoms with van der Waals surface area (Å²) in [6, 6.07) is 0. The fraction of sp³-hybridized carbons (Fsp3) is 0.750. The maximum Gasteiger partial charge on any atom is 0.378 e. The lowest BCUT2D eigenvalue weighted by atomic mass is 10.5. The van der Waals surface area contributed by atoms with E-state index in [-0.39, 0.29) is 25.6 Å². The van der Waals surface area contributed by atoms with Crippen molar-refractivity contribution in [3.05, 3.63) is 5.82 Å². The Hall–Kier alpha value is -1.54. The molecular weight excluding hydrogens is 216 g/mol. The van der Waals surface area contributed by atoms with Crippen LogP contribution in [-0.2, 0) is 16.0 Å². The molecule has 0 aliphatic heterocycles. The molecule has 1 heterocycles. The fourth-order valence-electron chi connectivity index (χ4n) is 1.01. The van der Waals surface area contributed by atoms with Crippen molar-refractivity contribution >= 4 is 5.97 Å². The van der Waals surface area contributed by atoms with Crippen LogP contribution in [0, 0.1) is 0 Å². The maximum absolute atomic E-state index is 11.3. The molecule has 0 aromatic carbocycles. The van der Waals surface area contributed by atoms with Gasteiger partial charge in [0.05, 0.1) is 33.0 Å². The van der Waals surface area contributed by atoms with Gasteiger partial charge in [-0.1, -0.05) is 0 Å². The molecule has 0 saturated heterocycles. The second-order valence-corrected chi connectivity index (χ2v) is 2.78. The molecule has 8 nitrogen and oxygen atoms in total. The minimum Gasteiger partial charge on any atom is -0.460 e. The van der Waals surface area contributed by atoms with Crippen LogP contribution in [0.1, 0.15) is 17.5 Å². The topological polar surface area (TPSA) is 99.4 Å². The first-order valence-electron chi connectivity index (χ1n) is 4.91. The molecule has 0 bridgehead atoms. The summed E-state index contributed by atoms with van der Waals surface area (Å²) in [7, 11) is 0. The Kier molecular flexibility index (Phi) is 5.37. The summed E-state index contributed by atoms with van der Waals surface area (Å²) in [5, 5.41) is 19.1. The van der Waals surface area contributed by atoms with Crippen molar-refractivity contribution in [2.45, 2.75) is 13.5 Å². The zero-order valence-electron chi connectivity index (χ0n) is 9.00. The van der Waals surface area contributed by atoms with Gasteiger partial charge in [0.1, 0.15) is 0 Å². The van der Waals surface area contributed by atoms with E-state index in [2.05, 4.69) is 15.5 Å². The molecule has 1 rings (SSSR count). The molecule has 1 aromatic heterocycles. The third kappa shape index (κ3) is 3.55. The van der Waals surface area contributed by atoms with Gasteiger partial charge in [0.25, 0.3) is 5.82 Å². The standard InChI is InChI=1S/C8H14N4O4/c1-2-16-8(14)7-9-10-11-12(7)3-5-15-6-4-13/h13H,2-6H2,1H3. The molecule has 1 aromatic rings. The van der Waals surface area contributed by atoms with Crippen molar-refractivity contribution < 1.29 is 19.4 Å². The highest BCUT2D eigenvalue weighted by molar-refractivity contribution is 5.85. The normalized spacial score (nSPS) is 10.4. The van der Waals surface area contributed by atoms with Gasteiger partial charge in [-0.3, -0.25) is 0 Å². The molecular formula is C8H14N4O4.